The van der Waals surface area contributed by atoms with Gasteiger partial charge in [0.25, 0.3) is 0 Å². The third kappa shape index (κ3) is 152. The molecule has 0 saturated carbocycles. The summed E-state index contributed by atoms with van der Waals surface area (Å²) in [5, 5.41) is 0. The zero-order valence-electron chi connectivity index (χ0n) is 7.46. The molecule has 0 aromatic rings. The standard InChI is InChI=1S/3K.H4O4Si.HO4Si/c;;;2*1-5(2,3)4/h;;;1-4H;1H/q3*+1;;-3. The first-order chi connectivity index (χ1) is 4.00. The second kappa shape index (κ2) is 15.1. The van der Waals surface area contributed by atoms with Crippen LogP contribution < -0.4 is 169 Å². The van der Waals surface area contributed by atoms with Gasteiger partial charge in [0.1, 0.15) is 0 Å². The molecular formula is H5K3O8Si2. The van der Waals surface area contributed by atoms with E-state index in [1.54, 1.807) is 0 Å². The average molecular weight is 306 g/mol. The third-order valence-electron chi connectivity index (χ3n) is 0. The molecule has 0 heterocycles. The first-order valence-corrected chi connectivity index (χ1v) is 5.19. The second-order valence-corrected chi connectivity index (χ2v) is 3.37. The van der Waals surface area contributed by atoms with Gasteiger partial charge in [-0.2, -0.15) is 0 Å². The molecule has 0 unspecified atom stereocenters. The van der Waals surface area contributed by atoms with Crippen LogP contribution >= 0.6 is 0 Å². The summed E-state index contributed by atoms with van der Waals surface area (Å²) >= 11 is 0. The van der Waals surface area contributed by atoms with Gasteiger partial charge in [-0.05, 0) is 0 Å². The first kappa shape index (κ1) is 30.8. The molecule has 0 spiro atoms. The summed E-state index contributed by atoms with van der Waals surface area (Å²) < 4.78 is 0. The number of hydrogen-bond acceptors (Lipinski definition) is 8. The molecular weight excluding hydrogens is 301 g/mol. The van der Waals surface area contributed by atoms with Crippen molar-refractivity contribution < 1.29 is 193 Å². The summed E-state index contributed by atoms with van der Waals surface area (Å²) in [7, 11) is -9.97. The van der Waals surface area contributed by atoms with Crippen LogP contribution in [0.25, 0.3) is 0 Å². The van der Waals surface area contributed by atoms with E-state index < -0.39 is 18.1 Å². The fourth-order valence-electron chi connectivity index (χ4n) is 0. The van der Waals surface area contributed by atoms with Gasteiger partial charge in [-0.25, -0.2) is 0 Å². The van der Waals surface area contributed by atoms with E-state index in [2.05, 4.69) is 0 Å². The maximum atomic E-state index is 8.69. The minimum atomic E-state index is -5.36. The molecule has 0 radical (unpaired) electrons. The van der Waals surface area contributed by atoms with Crippen molar-refractivity contribution in [2.24, 2.45) is 0 Å². The smallest absolute Gasteiger partial charge is 0.861 e. The number of rotatable bonds is 0. The Morgan fingerprint density at radius 1 is 0.615 bits per heavy atom. The van der Waals surface area contributed by atoms with Gasteiger partial charge >= 0.3 is 163 Å². The monoisotopic (exact) mass is 306 g/mol. The maximum Gasteiger partial charge on any atom is 1.00 e. The van der Waals surface area contributed by atoms with E-state index in [4.69, 9.17) is 38.4 Å². The zero-order chi connectivity index (χ0) is 9.00. The largest absolute Gasteiger partial charge is 1.00 e. The van der Waals surface area contributed by atoms with Gasteiger partial charge in [0.15, 0.2) is 0 Å². The molecule has 0 aromatic heterocycles. The fraction of sp³-hybridized carbons (Fsp3) is 0. The maximum absolute atomic E-state index is 8.69. The van der Waals surface area contributed by atoms with Crippen LogP contribution in [-0.2, 0) is 0 Å². The normalized spacial score (nSPS) is 9.23. The predicted octanol–water partition coefficient (Wildman–Crippen LogP) is -16.1. The van der Waals surface area contributed by atoms with Crippen LogP contribution in [0.1, 0.15) is 0 Å². The van der Waals surface area contributed by atoms with E-state index in [9.17, 15) is 0 Å². The summed E-state index contributed by atoms with van der Waals surface area (Å²) in [6.07, 6.45) is 0. The van der Waals surface area contributed by atoms with Crippen molar-refractivity contribution in [1.29, 1.82) is 0 Å². The summed E-state index contributed by atoms with van der Waals surface area (Å²) in [5.41, 5.74) is 0. The second-order valence-electron chi connectivity index (χ2n) is 1.12. The fourth-order valence-corrected chi connectivity index (χ4v) is 0. The summed E-state index contributed by atoms with van der Waals surface area (Å²) in [6, 6.07) is 0. The zero-order valence-corrected chi connectivity index (χ0v) is 18.8. The Morgan fingerprint density at radius 3 is 0.615 bits per heavy atom. The molecule has 8 nitrogen and oxygen atoms in total. The van der Waals surface area contributed by atoms with Gasteiger partial charge in [-0.15, -0.1) is 9.05 Å². The van der Waals surface area contributed by atoms with Gasteiger partial charge in [0.05, 0.1) is 0 Å². The molecule has 0 bridgehead atoms. The molecule has 0 aliphatic carbocycles. The molecule has 0 fully saturated rings. The van der Waals surface area contributed by atoms with Gasteiger partial charge in [-0.1, -0.05) is 0 Å². The van der Waals surface area contributed by atoms with Crippen molar-refractivity contribution in [3.05, 3.63) is 0 Å². The van der Waals surface area contributed by atoms with E-state index in [1.807, 2.05) is 0 Å². The molecule has 0 saturated heterocycles. The Balaban J connectivity index is -0.0000000267. The summed E-state index contributed by atoms with van der Waals surface area (Å²) in [4.78, 5) is 62.4. The molecule has 0 aromatic carbocycles. The van der Waals surface area contributed by atoms with Crippen LogP contribution in [0.2, 0.25) is 0 Å². The topological polar surface area (TPSA) is 170 Å². The Hall–Kier alpha value is 5.02. The van der Waals surface area contributed by atoms with Gasteiger partial charge in [-0.3, -0.25) is 0 Å². The Kier molecular flexibility index (Phi) is 35.7. The van der Waals surface area contributed by atoms with E-state index in [-0.39, 0.29) is 154 Å². The van der Waals surface area contributed by atoms with Crippen LogP contribution in [0.15, 0.2) is 0 Å². The molecule has 13 heavy (non-hydrogen) atoms. The molecule has 5 N–H and O–H groups in total. The minimum absolute atomic E-state index is 0. The summed E-state index contributed by atoms with van der Waals surface area (Å²) in [6.45, 7) is 0. The van der Waals surface area contributed by atoms with Crippen molar-refractivity contribution in [1.82, 2.24) is 0 Å². The van der Waals surface area contributed by atoms with Crippen LogP contribution in [0.3, 0.4) is 0 Å². The van der Waals surface area contributed by atoms with Gasteiger partial charge in [0, 0.05) is 0 Å². The third-order valence-corrected chi connectivity index (χ3v) is 0. The van der Waals surface area contributed by atoms with Crippen LogP contribution in [0.5, 0.6) is 0 Å². The average Bonchev–Trinajstić information content (AvgIpc) is 1.12. The molecule has 0 atom stereocenters. The SMILES string of the molecule is O[Si](O)(O)O.[K+].[K+].[K+].[O-][Si]([O-])([O-])O. The van der Waals surface area contributed by atoms with Crippen LogP contribution in [-0.4, -0.2) is 42.1 Å². The van der Waals surface area contributed by atoms with Gasteiger partial charge in [0.2, 0.25) is 0 Å². The van der Waals surface area contributed by atoms with Crippen molar-refractivity contribution in [2.45, 2.75) is 0 Å². The van der Waals surface area contributed by atoms with E-state index in [0.717, 1.165) is 0 Å². The van der Waals surface area contributed by atoms with Gasteiger partial charge < -0.3 is 38.4 Å². The minimum Gasteiger partial charge on any atom is -0.861 e. The molecule has 13 heteroatoms. The molecule has 64 valence electrons. The Bertz CT molecular complexity index is 60.4. The molecule has 0 aliphatic rings. The van der Waals surface area contributed by atoms with Crippen molar-refractivity contribution in [2.75, 3.05) is 0 Å². The molecule has 0 aliphatic heterocycles. The number of hydrogen-bond donors (Lipinski definition) is 5. The quantitative estimate of drug-likeness (QED) is 0.275. The van der Waals surface area contributed by atoms with E-state index >= 15 is 0 Å². The predicted molar refractivity (Wildman–Crippen MR) is 22.6 cm³/mol. The van der Waals surface area contributed by atoms with E-state index in [1.165, 1.54) is 0 Å². The van der Waals surface area contributed by atoms with Crippen molar-refractivity contribution in [3.8, 4) is 0 Å². The molecule has 0 rings (SSSR count). The van der Waals surface area contributed by atoms with Crippen LogP contribution in [0, 0.1) is 0 Å². The Labute approximate surface area is 204 Å². The van der Waals surface area contributed by atoms with E-state index in [0.29, 0.717) is 0 Å². The van der Waals surface area contributed by atoms with Crippen molar-refractivity contribution in [3.63, 3.8) is 0 Å². The van der Waals surface area contributed by atoms with Crippen LogP contribution in [0.4, 0.5) is 0 Å². The Morgan fingerprint density at radius 2 is 0.615 bits per heavy atom. The molecule has 0 amide bonds. The van der Waals surface area contributed by atoms with Crippen molar-refractivity contribution >= 4 is 18.1 Å². The summed E-state index contributed by atoms with van der Waals surface area (Å²) in [5.74, 6) is 0. The first-order valence-electron chi connectivity index (χ1n) is 1.73.